The minimum absolute atomic E-state index is 0.198. The largest absolute Gasteiger partial charge is 0.444 e. The van der Waals surface area contributed by atoms with Gasteiger partial charge in [0.1, 0.15) is 5.60 Å². The third kappa shape index (κ3) is 5.25. The van der Waals surface area contributed by atoms with E-state index >= 15 is 0 Å². The molecule has 0 aliphatic heterocycles. The minimum Gasteiger partial charge on any atom is -0.444 e. The maximum absolute atomic E-state index is 11.7. The van der Waals surface area contributed by atoms with E-state index in [1.807, 2.05) is 20.8 Å². The predicted molar refractivity (Wildman–Crippen MR) is 73.4 cm³/mol. The topological polar surface area (TPSA) is 64.3 Å². The lowest BCUT2D eigenvalue weighted by Crippen LogP contribution is -2.42. The van der Waals surface area contributed by atoms with Gasteiger partial charge in [-0.2, -0.15) is 0 Å². The smallest absolute Gasteiger partial charge is 0.407 e. The van der Waals surface area contributed by atoms with Crippen LogP contribution in [0.15, 0.2) is 0 Å². The lowest BCUT2D eigenvalue weighted by molar-refractivity contribution is 0.0478. The molecule has 4 heteroatoms. The molecule has 1 rings (SSSR count). The monoisotopic (exact) mass is 256 g/mol. The Hall–Kier alpha value is -0.770. The molecule has 0 bridgehead atoms. The Kier molecular flexibility index (Phi) is 5.45. The highest BCUT2D eigenvalue weighted by atomic mass is 16.6. The van der Waals surface area contributed by atoms with Gasteiger partial charge in [-0.25, -0.2) is 4.79 Å². The van der Waals surface area contributed by atoms with Crippen molar-refractivity contribution in [2.24, 2.45) is 11.1 Å². The van der Waals surface area contributed by atoms with E-state index in [9.17, 15) is 4.79 Å². The lowest BCUT2D eigenvalue weighted by Gasteiger charge is -2.37. The molecular weight excluding hydrogens is 228 g/mol. The third-order valence-electron chi connectivity index (χ3n) is 3.60. The van der Waals surface area contributed by atoms with Crippen LogP contribution in [0.1, 0.15) is 59.3 Å². The molecule has 1 fully saturated rings. The number of nitrogens with two attached hydrogens (primary N) is 1. The summed E-state index contributed by atoms with van der Waals surface area (Å²) in [6.45, 7) is 7.02. The molecule has 0 aromatic carbocycles. The zero-order valence-corrected chi connectivity index (χ0v) is 12.1. The standard InChI is InChI=1S/C14H28N2O2/c1-13(2,3)18-12(17)16-11-14(9-10-15)7-5-4-6-8-14/h4-11,15H2,1-3H3,(H,16,17). The molecule has 4 nitrogen and oxygen atoms in total. The van der Waals surface area contributed by atoms with Crippen molar-refractivity contribution in [3.05, 3.63) is 0 Å². The molecule has 0 heterocycles. The van der Waals surface area contributed by atoms with E-state index < -0.39 is 5.60 Å². The van der Waals surface area contributed by atoms with E-state index in [0.29, 0.717) is 13.1 Å². The van der Waals surface area contributed by atoms with Crippen LogP contribution in [0.5, 0.6) is 0 Å². The number of rotatable bonds is 4. The highest BCUT2D eigenvalue weighted by molar-refractivity contribution is 5.67. The van der Waals surface area contributed by atoms with E-state index in [0.717, 1.165) is 6.42 Å². The molecule has 1 saturated carbocycles. The number of hydrogen-bond donors (Lipinski definition) is 2. The summed E-state index contributed by atoms with van der Waals surface area (Å²) < 4.78 is 5.27. The summed E-state index contributed by atoms with van der Waals surface area (Å²) in [5, 5.41) is 2.92. The number of ether oxygens (including phenoxy) is 1. The molecule has 1 amide bonds. The first-order chi connectivity index (χ1) is 8.37. The number of carbonyl (C=O) groups is 1. The van der Waals surface area contributed by atoms with Crippen LogP contribution in [0, 0.1) is 5.41 Å². The molecule has 18 heavy (non-hydrogen) atoms. The first-order valence-electron chi connectivity index (χ1n) is 7.04. The highest BCUT2D eigenvalue weighted by Gasteiger charge is 2.32. The van der Waals surface area contributed by atoms with Crippen LogP contribution < -0.4 is 11.1 Å². The summed E-state index contributed by atoms with van der Waals surface area (Å²) in [6, 6.07) is 0. The van der Waals surface area contributed by atoms with E-state index in [2.05, 4.69) is 5.32 Å². The molecule has 0 atom stereocenters. The number of amides is 1. The first-order valence-corrected chi connectivity index (χ1v) is 7.04. The molecule has 1 aliphatic rings. The van der Waals surface area contributed by atoms with E-state index in [4.69, 9.17) is 10.5 Å². The minimum atomic E-state index is -0.433. The van der Waals surface area contributed by atoms with Crippen LogP contribution in [-0.2, 0) is 4.74 Å². The van der Waals surface area contributed by atoms with Gasteiger partial charge >= 0.3 is 6.09 Å². The van der Waals surface area contributed by atoms with Crippen molar-refractivity contribution in [2.75, 3.05) is 13.1 Å². The summed E-state index contributed by atoms with van der Waals surface area (Å²) in [6.07, 6.45) is 6.80. The van der Waals surface area contributed by atoms with Gasteiger partial charge in [0.2, 0.25) is 0 Å². The molecule has 0 unspecified atom stereocenters. The summed E-state index contributed by atoms with van der Waals surface area (Å²) in [5.74, 6) is 0. The zero-order chi connectivity index (χ0) is 13.6. The van der Waals surface area contributed by atoms with Crippen molar-refractivity contribution >= 4 is 6.09 Å². The van der Waals surface area contributed by atoms with E-state index in [1.54, 1.807) is 0 Å². The Labute approximate surface area is 111 Å². The third-order valence-corrected chi connectivity index (χ3v) is 3.60. The van der Waals surface area contributed by atoms with Gasteiger partial charge in [-0.05, 0) is 52.0 Å². The zero-order valence-electron chi connectivity index (χ0n) is 12.1. The fourth-order valence-electron chi connectivity index (χ4n) is 2.70. The Morgan fingerprint density at radius 2 is 1.89 bits per heavy atom. The summed E-state index contributed by atoms with van der Waals surface area (Å²) >= 11 is 0. The van der Waals surface area contributed by atoms with Crippen molar-refractivity contribution in [2.45, 2.75) is 64.9 Å². The van der Waals surface area contributed by atoms with Gasteiger partial charge in [0.05, 0.1) is 0 Å². The van der Waals surface area contributed by atoms with Crippen LogP contribution in [0.4, 0.5) is 4.79 Å². The fraction of sp³-hybridized carbons (Fsp3) is 0.929. The molecule has 3 N–H and O–H groups in total. The lowest BCUT2D eigenvalue weighted by atomic mass is 9.72. The van der Waals surface area contributed by atoms with Crippen LogP contribution in [0.25, 0.3) is 0 Å². The molecule has 0 aromatic heterocycles. The van der Waals surface area contributed by atoms with Crippen molar-refractivity contribution in [1.29, 1.82) is 0 Å². The first kappa shape index (κ1) is 15.3. The average Bonchev–Trinajstić information content (AvgIpc) is 2.26. The summed E-state index contributed by atoms with van der Waals surface area (Å²) in [7, 11) is 0. The fourth-order valence-corrected chi connectivity index (χ4v) is 2.70. The highest BCUT2D eigenvalue weighted by Crippen LogP contribution is 2.38. The van der Waals surface area contributed by atoms with Gasteiger partial charge in [0.25, 0.3) is 0 Å². The molecule has 0 radical (unpaired) electrons. The molecule has 0 aromatic rings. The average molecular weight is 256 g/mol. The van der Waals surface area contributed by atoms with E-state index in [-0.39, 0.29) is 11.5 Å². The number of carbonyl (C=O) groups excluding carboxylic acids is 1. The SMILES string of the molecule is CC(C)(C)OC(=O)NCC1(CCN)CCCCC1. The van der Waals surface area contributed by atoms with E-state index in [1.165, 1.54) is 32.1 Å². The Morgan fingerprint density at radius 1 is 1.28 bits per heavy atom. The van der Waals surface area contributed by atoms with Gasteiger partial charge in [-0.3, -0.25) is 0 Å². The van der Waals surface area contributed by atoms with Crippen molar-refractivity contribution in [3.8, 4) is 0 Å². The normalized spacial score (nSPS) is 19.3. The maximum atomic E-state index is 11.7. The molecule has 0 spiro atoms. The summed E-state index contributed by atoms with van der Waals surface area (Å²) in [4.78, 5) is 11.7. The van der Waals surface area contributed by atoms with Gasteiger partial charge in [0, 0.05) is 6.54 Å². The summed E-state index contributed by atoms with van der Waals surface area (Å²) in [5.41, 5.74) is 5.47. The van der Waals surface area contributed by atoms with Crippen molar-refractivity contribution in [1.82, 2.24) is 5.32 Å². The molecule has 0 saturated heterocycles. The Bertz CT molecular complexity index is 260. The Morgan fingerprint density at radius 3 is 2.39 bits per heavy atom. The number of hydrogen-bond acceptors (Lipinski definition) is 3. The Balaban J connectivity index is 2.44. The second kappa shape index (κ2) is 6.41. The maximum Gasteiger partial charge on any atom is 0.407 e. The predicted octanol–water partition coefficient (Wildman–Crippen LogP) is 2.81. The van der Waals surface area contributed by atoms with Crippen LogP contribution in [-0.4, -0.2) is 24.8 Å². The second-order valence-corrected chi connectivity index (χ2v) is 6.45. The quantitative estimate of drug-likeness (QED) is 0.813. The van der Waals surface area contributed by atoms with Crippen molar-refractivity contribution < 1.29 is 9.53 Å². The van der Waals surface area contributed by atoms with Gasteiger partial charge in [-0.15, -0.1) is 0 Å². The van der Waals surface area contributed by atoms with Crippen LogP contribution in [0.3, 0.4) is 0 Å². The second-order valence-electron chi connectivity index (χ2n) is 6.45. The van der Waals surface area contributed by atoms with Crippen LogP contribution in [0.2, 0.25) is 0 Å². The molecule has 1 aliphatic carbocycles. The number of alkyl carbamates (subject to hydrolysis) is 1. The van der Waals surface area contributed by atoms with Crippen molar-refractivity contribution in [3.63, 3.8) is 0 Å². The number of nitrogens with one attached hydrogen (secondary N) is 1. The molecular formula is C14H28N2O2. The molecule has 106 valence electrons. The van der Waals surface area contributed by atoms with Gasteiger partial charge < -0.3 is 15.8 Å². The van der Waals surface area contributed by atoms with Gasteiger partial charge in [0.15, 0.2) is 0 Å². The van der Waals surface area contributed by atoms with Crippen LogP contribution >= 0.6 is 0 Å². The van der Waals surface area contributed by atoms with Gasteiger partial charge in [-0.1, -0.05) is 19.3 Å².